The molecule has 0 aromatic carbocycles. The third-order valence-electron chi connectivity index (χ3n) is 3.93. The van der Waals surface area contributed by atoms with E-state index in [0.29, 0.717) is 6.04 Å². The molecular formula is C16H25N2OS+. The second-order valence-corrected chi connectivity index (χ2v) is 6.53. The molecule has 1 aromatic heterocycles. The Bertz CT molecular complexity index is 459. The topological polar surface area (TPSA) is 33.5 Å². The zero-order valence-electron chi connectivity index (χ0n) is 12.4. The maximum atomic E-state index is 11.9. The number of amides is 1. The number of piperidine rings is 1. The molecule has 0 spiro atoms. The summed E-state index contributed by atoms with van der Waals surface area (Å²) in [6.07, 6.45) is 7.05. The third-order valence-corrected chi connectivity index (χ3v) is 4.91. The molecule has 3 nitrogen and oxygen atoms in total. The SMILES string of the molecule is CCC[NH+]1CCC(NC(=O)/C=C/c2sccc2C)CC1. The Kier molecular flexibility index (Phi) is 5.80. The summed E-state index contributed by atoms with van der Waals surface area (Å²) in [5, 5.41) is 5.18. The van der Waals surface area contributed by atoms with Crippen LogP contribution in [0.3, 0.4) is 0 Å². The number of rotatable bonds is 5. The van der Waals surface area contributed by atoms with Crippen molar-refractivity contribution in [1.29, 1.82) is 0 Å². The molecule has 1 aliphatic heterocycles. The molecule has 1 saturated heterocycles. The van der Waals surface area contributed by atoms with Crippen molar-refractivity contribution in [2.45, 2.75) is 39.2 Å². The van der Waals surface area contributed by atoms with E-state index in [1.165, 1.54) is 36.5 Å². The Morgan fingerprint density at radius 1 is 1.50 bits per heavy atom. The molecule has 2 rings (SSSR count). The van der Waals surface area contributed by atoms with Gasteiger partial charge in [-0.2, -0.15) is 0 Å². The first kappa shape index (κ1) is 15.3. The van der Waals surface area contributed by atoms with Gasteiger partial charge in [0.1, 0.15) is 0 Å². The summed E-state index contributed by atoms with van der Waals surface area (Å²) in [5.74, 6) is 0.0433. The van der Waals surface area contributed by atoms with Crippen LogP contribution in [0.25, 0.3) is 6.08 Å². The van der Waals surface area contributed by atoms with Crippen LogP contribution in [0.1, 0.15) is 36.6 Å². The second-order valence-electron chi connectivity index (χ2n) is 5.58. The minimum atomic E-state index is 0.0433. The van der Waals surface area contributed by atoms with E-state index in [1.54, 1.807) is 22.3 Å². The van der Waals surface area contributed by atoms with Gasteiger partial charge >= 0.3 is 0 Å². The van der Waals surface area contributed by atoms with Gasteiger partial charge in [-0.15, -0.1) is 11.3 Å². The van der Waals surface area contributed by atoms with Gasteiger partial charge in [0.05, 0.1) is 19.6 Å². The summed E-state index contributed by atoms with van der Waals surface area (Å²) in [6, 6.07) is 2.44. The van der Waals surface area contributed by atoms with Crippen molar-refractivity contribution >= 4 is 23.3 Å². The molecule has 1 aromatic rings. The van der Waals surface area contributed by atoms with Crippen LogP contribution < -0.4 is 10.2 Å². The highest BCUT2D eigenvalue weighted by molar-refractivity contribution is 7.11. The van der Waals surface area contributed by atoms with Gasteiger partial charge in [0.2, 0.25) is 5.91 Å². The summed E-state index contributed by atoms with van der Waals surface area (Å²) < 4.78 is 0. The van der Waals surface area contributed by atoms with Crippen LogP contribution >= 0.6 is 11.3 Å². The van der Waals surface area contributed by atoms with Crippen molar-refractivity contribution in [3.8, 4) is 0 Å². The number of aryl methyl sites for hydroxylation is 1. The van der Waals surface area contributed by atoms with E-state index < -0.39 is 0 Å². The lowest BCUT2D eigenvalue weighted by molar-refractivity contribution is -0.905. The number of likely N-dealkylation sites (tertiary alicyclic amines) is 1. The van der Waals surface area contributed by atoms with E-state index >= 15 is 0 Å². The minimum absolute atomic E-state index is 0.0433. The molecule has 0 unspecified atom stereocenters. The lowest BCUT2D eigenvalue weighted by atomic mass is 10.0. The van der Waals surface area contributed by atoms with Gasteiger partial charge in [-0.3, -0.25) is 4.79 Å². The number of hydrogen-bond acceptors (Lipinski definition) is 2. The highest BCUT2D eigenvalue weighted by Crippen LogP contribution is 2.16. The Morgan fingerprint density at radius 3 is 2.85 bits per heavy atom. The predicted octanol–water partition coefficient (Wildman–Crippen LogP) is 1.64. The molecule has 1 aliphatic rings. The van der Waals surface area contributed by atoms with Crippen molar-refractivity contribution in [2.75, 3.05) is 19.6 Å². The van der Waals surface area contributed by atoms with Crippen molar-refractivity contribution in [1.82, 2.24) is 5.32 Å². The lowest BCUT2D eigenvalue weighted by Crippen LogP contribution is -3.13. The largest absolute Gasteiger partial charge is 0.349 e. The quantitative estimate of drug-likeness (QED) is 0.795. The fourth-order valence-corrected chi connectivity index (χ4v) is 3.55. The Balaban J connectivity index is 1.75. The van der Waals surface area contributed by atoms with E-state index in [0.717, 1.165) is 12.8 Å². The molecule has 4 heteroatoms. The van der Waals surface area contributed by atoms with E-state index in [9.17, 15) is 4.79 Å². The highest BCUT2D eigenvalue weighted by Gasteiger charge is 2.21. The second kappa shape index (κ2) is 7.60. The molecule has 110 valence electrons. The lowest BCUT2D eigenvalue weighted by Gasteiger charge is -2.29. The minimum Gasteiger partial charge on any atom is -0.349 e. The van der Waals surface area contributed by atoms with Gasteiger partial charge in [-0.1, -0.05) is 6.92 Å². The molecule has 0 radical (unpaired) electrons. The number of carbonyl (C=O) groups excluding carboxylic acids is 1. The molecule has 2 heterocycles. The molecule has 0 saturated carbocycles. The van der Waals surface area contributed by atoms with Crippen LogP contribution in [0.2, 0.25) is 0 Å². The van der Waals surface area contributed by atoms with E-state index in [-0.39, 0.29) is 5.91 Å². The number of hydrogen-bond donors (Lipinski definition) is 2. The molecule has 20 heavy (non-hydrogen) atoms. The smallest absolute Gasteiger partial charge is 0.244 e. The molecule has 2 N–H and O–H groups in total. The van der Waals surface area contributed by atoms with Crippen LogP contribution in [-0.4, -0.2) is 31.6 Å². The number of thiophene rings is 1. The molecule has 0 bridgehead atoms. The first-order valence-corrected chi connectivity index (χ1v) is 8.43. The summed E-state index contributed by atoms with van der Waals surface area (Å²) >= 11 is 1.67. The van der Waals surface area contributed by atoms with Crippen molar-refractivity contribution in [3.63, 3.8) is 0 Å². The van der Waals surface area contributed by atoms with Crippen LogP contribution in [0.15, 0.2) is 17.5 Å². The highest BCUT2D eigenvalue weighted by atomic mass is 32.1. The summed E-state index contributed by atoms with van der Waals surface area (Å²) in [5.41, 5.74) is 1.23. The van der Waals surface area contributed by atoms with Crippen LogP contribution in [0, 0.1) is 6.92 Å². The fourth-order valence-electron chi connectivity index (χ4n) is 2.73. The number of carbonyl (C=O) groups is 1. The average molecular weight is 293 g/mol. The van der Waals surface area contributed by atoms with E-state index in [1.807, 2.05) is 6.08 Å². The maximum Gasteiger partial charge on any atom is 0.244 e. The van der Waals surface area contributed by atoms with Crippen molar-refractivity contribution < 1.29 is 9.69 Å². The predicted molar refractivity (Wildman–Crippen MR) is 85.1 cm³/mol. The van der Waals surface area contributed by atoms with Gasteiger partial charge < -0.3 is 10.2 Å². The zero-order chi connectivity index (χ0) is 14.4. The van der Waals surface area contributed by atoms with Crippen molar-refractivity contribution in [3.05, 3.63) is 28.0 Å². The maximum absolute atomic E-state index is 11.9. The summed E-state index contributed by atoms with van der Waals surface area (Å²) in [4.78, 5) is 14.8. The number of nitrogens with one attached hydrogen (secondary N) is 2. The molecule has 1 fully saturated rings. The average Bonchev–Trinajstić information content (AvgIpc) is 2.84. The fraction of sp³-hybridized carbons (Fsp3) is 0.562. The molecule has 0 atom stereocenters. The molecular weight excluding hydrogens is 268 g/mol. The van der Waals surface area contributed by atoms with Gasteiger partial charge in [-0.25, -0.2) is 0 Å². The standard InChI is InChI=1S/C16H24N2OS/c1-3-9-18-10-6-14(7-11-18)17-16(19)5-4-15-13(2)8-12-20-15/h4-5,8,12,14H,3,6-7,9-11H2,1-2H3,(H,17,19)/p+1/b5-4+. The van der Waals surface area contributed by atoms with Crippen LogP contribution in [0.5, 0.6) is 0 Å². The Hall–Kier alpha value is -1.13. The molecule has 0 aliphatic carbocycles. The Labute approximate surface area is 125 Å². The van der Waals surface area contributed by atoms with Gasteiger partial charge in [0.25, 0.3) is 0 Å². The van der Waals surface area contributed by atoms with Gasteiger partial charge in [0.15, 0.2) is 0 Å². The zero-order valence-corrected chi connectivity index (χ0v) is 13.3. The normalized spacial score (nSPS) is 23.1. The first-order chi connectivity index (χ1) is 9.69. The first-order valence-electron chi connectivity index (χ1n) is 7.55. The summed E-state index contributed by atoms with van der Waals surface area (Å²) in [6.45, 7) is 7.94. The van der Waals surface area contributed by atoms with E-state index in [4.69, 9.17) is 0 Å². The van der Waals surface area contributed by atoms with Crippen LogP contribution in [0.4, 0.5) is 0 Å². The van der Waals surface area contributed by atoms with Crippen molar-refractivity contribution in [2.24, 2.45) is 0 Å². The van der Waals surface area contributed by atoms with Gasteiger partial charge in [-0.05, 0) is 36.4 Å². The third kappa shape index (κ3) is 4.46. The Morgan fingerprint density at radius 2 is 2.25 bits per heavy atom. The number of quaternary nitrogens is 1. The molecule has 1 amide bonds. The van der Waals surface area contributed by atoms with Gasteiger partial charge in [0, 0.05) is 29.8 Å². The van der Waals surface area contributed by atoms with E-state index in [2.05, 4.69) is 30.6 Å². The van der Waals surface area contributed by atoms with Crippen LogP contribution in [-0.2, 0) is 4.79 Å². The monoisotopic (exact) mass is 293 g/mol. The summed E-state index contributed by atoms with van der Waals surface area (Å²) in [7, 11) is 0.